The van der Waals surface area contributed by atoms with E-state index in [1.54, 1.807) is 11.1 Å². The van der Waals surface area contributed by atoms with Crippen LogP contribution in [0.4, 0.5) is 0 Å². The summed E-state index contributed by atoms with van der Waals surface area (Å²) in [5, 5.41) is 0. The summed E-state index contributed by atoms with van der Waals surface area (Å²) in [4.78, 5) is 5.58. The van der Waals surface area contributed by atoms with Crippen LogP contribution in [-0.4, -0.2) is 0 Å². The van der Waals surface area contributed by atoms with E-state index in [4.69, 9.17) is 0 Å². The average Bonchev–Trinajstić information content (AvgIpc) is 3.39. The van der Waals surface area contributed by atoms with E-state index in [1.165, 1.54) is 52.9 Å². The van der Waals surface area contributed by atoms with Crippen LogP contribution in [0.25, 0.3) is 32.0 Å². The first kappa shape index (κ1) is 24.3. The fourth-order valence-corrected chi connectivity index (χ4v) is 8.20. The van der Waals surface area contributed by atoms with Gasteiger partial charge in [0.2, 0.25) is 0 Å². The predicted octanol–water partition coefficient (Wildman–Crippen LogP) is 10.7. The first-order valence-corrected chi connectivity index (χ1v) is 14.2. The molecule has 1 aliphatic carbocycles. The molecule has 2 heterocycles. The van der Waals surface area contributed by atoms with Gasteiger partial charge in [-0.15, -0.1) is 22.7 Å². The zero-order valence-electron chi connectivity index (χ0n) is 22.3. The van der Waals surface area contributed by atoms with Crippen molar-refractivity contribution in [1.82, 2.24) is 0 Å². The molecular formula is C33H36S2. The van der Waals surface area contributed by atoms with Crippen molar-refractivity contribution in [3.8, 4) is 20.9 Å². The minimum absolute atomic E-state index is 0.119. The van der Waals surface area contributed by atoms with Gasteiger partial charge in [0.15, 0.2) is 0 Å². The molecule has 0 spiro atoms. The van der Waals surface area contributed by atoms with Crippen molar-refractivity contribution < 1.29 is 0 Å². The smallest absolute Gasteiger partial charge is 0.0351 e. The van der Waals surface area contributed by atoms with Crippen LogP contribution in [0.15, 0.2) is 60.7 Å². The molecule has 35 heavy (non-hydrogen) atoms. The molecule has 0 nitrogen and oxygen atoms in total. The number of aryl methyl sites for hydroxylation is 4. The molecule has 0 saturated carbocycles. The summed E-state index contributed by atoms with van der Waals surface area (Å²) in [6.45, 7) is 18.7. The normalized spacial score (nSPS) is 16.8. The highest BCUT2D eigenvalue weighted by Gasteiger charge is 2.46. The third kappa shape index (κ3) is 4.36. The molecule has 0 saturated heterocycles. The first-order valence-electron chi connectivity index (χ1n) is 12.6. The van der Waals surface area contributed by atoms with E-state index >= 15 is 0 Å². The summed E-state index contributed by atoms with van der Waals surface area (Å²) in [6, 6.07) is 22.9. The molecule has 1 aliphatic rings. The molecule has 2 aromatic carbocycles. The fraction of sp³-hybridized carbons (Fsp3) is 0.333. The molecule has 5 rings (SSSR count). The highest BCUT2D eigenvalue weighted by Crippen LogP contribution is 2.62. The number of hydrogen-bond acceptors (Lipinski definition) is 2. The van der Waals surface area contributed by atoms with E-state index in [0.29, 0.717) is 0 Å². The Hall–Kier alpha value is -2.42. The van der Waals surface area contributed by atoms with E-state index in [-0.39, 0.29) is 10.8 Å². The van der Waals surface area contributed by atoms with Gasteiger partial charge in [-0.2, -0.15) is 0 Å². The Balaban J connectivity index is 1.70. The molecular weight excluding hydrogens is 460 g/mol. The van der Waals surface area contributed by atoms with Gasteiger partial charge in [0.25, 0.3) is 0 Å². The van der Waals surface area contributed by atoms with E-state index in [2.05, 4.69) is 116 Å². The van der Waals surface area contributed by atoms with Gasteiger partial charge >= 0.3 is 0 Å². The highest BCUT2D eigenvalue weighted by atomic mass is 32.1. The second-order valence-corrected chi connectivity index (χ2v) is 14.1. The van der Waals surface area contributed by atoms with E-state index in [1.807, 2.05) is 22.7 Å². The van der Waals surface area contributed by atoms with Gasteiger partial charge in [-0.05, 0) is 90.5 Å². The lowest BCUT2D eigenvalue weighted by Crippen LogP contribution is -2.15. The predicted molar refractivity (Wildman–Crippen MR) is 157 cm³/mol. The molecule has 0 unspecified atom stereocenters. The molecule has 180 valence electrons. The van der Waals surface area contributed by atoms with Crippen molar-refractivity contribution in [2.75, 3.05) is 0 Å². The van der Waals surface area contributed by atoms with E-state index < -0.39 is 0 Å². The van der Waals surface area contributed by atoms with Crippen LogP contribution in [0.2, 0.25) is 0 Å². The zero-order valence-corrected chi connectivity index (χ0v) is 23.9. The van der Waals surface area contributed by atoms with Crippen LogP contribution in [-0.2, 0) is 0 Å². The second-order valence-electron chi connectivity index (χ2n) is 11.6. The summed E-state index contributed by atoms with van der Waals surface area (Å²) < 4.78 is 0. The maximum Gasteiger partial charge on any atom is 0.0351 e. The third-order valence-corrected chi connectivity index (χ3v) is 9.73. The Morgan fingerprint density at radius 1 is 0.543 bits per heavy atom. The highest BCUT2D eigenvalue weighted by molar-refractivity contribution is 7.16. The largest absolute Gasteiger partial charge is 0.140 e. The SMILES string of the molecule is Cc1ccc(-c2cc(C3=C(c4cc(-c5ccc(C)cc5)sc4C)C(C)(C)CC3(C)C)c(C)s2)cc1. The van der Waals surface area contributed by atoms with Gasteiger partial charge in [0.1, 0.15) is 0 Å². The Morgan fingerprint density at radius 2 is 0.886 bits per heavy atom. The lowest BCUT2D eigenvalue weighted by molar-refractivity contribution is 0.347. The van der Waals surface area contributed by atoms with Gasteiger partial charge < -0.3 is 0 Å². The van der Waals surface area contributed by atoms with Crippen molar-refractivity contribution in [3.63, 3.8) is 0 Å². The summed E-state index contributed by atoms with van der Waals surface area (Å²) in [5.74, 6) is 0. The lowest BCUT2D eigenvalue weighted by Gasteiger charge is -2.26. The van der Waals surface area contributed by atoms with Crippen LogP contribution in [0, 0.1) is 38.5 Å². The summed E-state index contributed by atoms with van der Waals surface area (Å²) in [7, 11) is 0. The summed E-state index contributed by atoms with van der Waals surface area (Å²) in [5.41, 5.74) is 11.5. The van der Waals surface area contributed by atoms with Crippen LogP contribution in [0.5, 0.6) is 0 Å². The van der Waals surface area contributed by atoms with Crippen LogP contribution in [0.1, 0.15) is 66.1 Å². The van der Waals surface area contributed by atoms with Crippen LogP contribution < -0.4 is 0 Å². The Morgan fingerprint density at radius 3 is 1.23 bits per heavy atom. The molecule has 0 atom stereocenters. The minimum Gasteiger partial charge on any atom is -0.140 e. The molecule has 0 radical (unpaired) electrons. The van der Waals surface area contributed by atoms with Gasteiger partial charge in [0, 0.05) is 19.5 Å². The minimum atomic E-state index is 0.119. The lowest BCUT2D eigenvalue weighted by atomic mass is 9.78. The van der Waals surface area contributed by atoms with Crippen molar-refractivity contribution in [3.05, 3.63) is 92.7 Å². The van der Waals surface area contributed by atoms with Gasteiger partial charge in [-0.3, -0.25) is 0 Å². The molecule has 4 aromatic rings. The summed E-state index contributed by atoms with van der Waals surface area (Å²) in [6.07, 6.45) is 1.16. The Bertz CT molecular complexity index is 1310. The average molecular weight is 497 g/mol. The Labute approximate surface area is 219 Å². The third-order valence-electron chi connectivity index (χ3n) is 7.53. The summed E-state index contributed by atoms with van der Waals surface area (Å²) >= 11 is 3.87. The van der Waals surface area contributed by atoms with Gasteiger partial charge in [-0.1, -0.05) is 87.4 Å². The van der Waals surface area contributed by atoms with Gasteiger partial charge in [-0.25, -0.2) is 0 Å². The van der Waals surface area contributed by atoms with E-state index in [9.17, 15) is 0 Å². The van der Waals surface area contributed by atoms with Crippen LogP contribution in [0.3, 0.4) is 0 Å². The number of rotatable bonds is 4. The topological polar surface area (TPSA) is 0 Å². The van der Waals surface area contributed by atoms with E-state index in [0.717, 1.165) is 6.42 Å². The molecule has 0 amide bonds. The Kier molecular flexibility index (Phi) is 5.97. The molecule has 0 bridgehead atoms. The van der Waals surface area contributed by atoms with Crippen molar-refractivity contribution in [2.24, 2.45) is 10.8 Å². The van der Waals surface area contributed by atoms with Crippen molar-refractivity contribution in [2.45, 2.75) is 61.8 Å². The number of thiophene rings is 2. The fourth-order valence-electron chi connectivity index (χ4n) is 6.14. The second kappa shape index (κ2) is 8.61. The molecule has 0 aliphatic heterocycles. The molecule has 0 N–H and O–H groups in total. The van der Waals surface area contributed by atoms with Crippen LogP contribution >= 0.6 is 22.7 Å². The molecule has 0 fully saturated rings. The molecule has 2 aromatic heterocycles. The van der Waals surface area contributed by atoms with Crippen molar-refractivity contribution >= 4 is 33.8 Å². The maximum absolute atomic E-state index is 2.46. The number of allylic oxidation sites excluding steroid dienone is 2. The maximum atomic E-state index is 2.46. The monoisotopic (exact) mass is 496 g/mol. The quantitative estimate of drug-likeness (QED) is 0.263. The number of benzene rings is 2. The molecule has 2 heteroatoms. The first-order chi connectivity index (χ1) is 16.5. The standard InChI is InChI=1S/C33H36S2/c1-20-9-13-24(14-10-20)28-17-26(22(3)34-28)30-31(33(7,8)19-32(30,5)6)27-18-29(35-23(27)4)25-15-11-21(2)12-16-25/h9-18H,19H2,1-8H3. The number of hydrogen-bond donors (Lipinski definition) is 0. The zero-order chi connectivity index (χ0) is 25.1. The van der Waals surface area contributed by atoms with Gasteiger partial charge in [0.05, 0.1) is 0 Å². The van der Waals surface area contributed by atoms with Crippen molar-refractivity contribution in [1.29, 1.82) is 0 Å².